The van der Waals surface area contributed by atoms with Crippen molar-refractivity contribution < 1.29 is 14.6 Å². The monoisotopic (exact) mass is 403 g/mol. The van der Waals surface area contributed by atoms with Crippen LogP contribution < -0.4 is 15.0 Å². The maximum absolute atomic E-state index is 12.5. The predicted octanol–water partition coefficient (Wildman–Crippen LogP) is 3.61. The summed E-state index contributed by atoms with van der Waals surface area (Å²) in [6.07, 6.45) is 2.13. The molecule has 4 aromatic rings. The van der Waals surface area contributed by atoms with E-state index in [0.717, 1.165) is 11.1 Å². The van der Waals surface area contributed by atoms with Gasteiger partial charge < -0.3 is 19.6 Å². The Bertz CT molecular complexity index is 1280. The maximum atomic E-state index is 12.5. The first kappa shape index (κ1) is 19.4. The molecular weight excluding hydrogens is 382 g/mol. The van der Waals surface area contributed by atoms with Crippen LogP contribution >= 0.6 is 0 Å². The Morgan fingerprint density at radius 1 is 1.07 bits per heavy atom. The number of aromatic hydroxyl groups is 1. The Kier molecular flexibility index (Phi) is 5.10. The van der Waals surface area contributed by atoms with E-state index in [2.05, 4.69) is 15.0 Å². The van der Waals surface area contributed by atoms with Gasteiger partial charge in [0, 0.05) is 24.2 Å². The van der Waals surface area contributed by atoms with Crippen LogP contribution in [-0.2, 0) is 6.42 Å². The third-order valence-electron chi connectivity index (χ3n) is 4.97. The molecule has 2 heterocycles. The highest BCUT2D eigenvalue weighted by atomic mass is 16.5. The number of rotatable bonds is 5. The molecule has 0 aliphatic carbocycles. The third kappa shape index (κ3) is 3.57. The summed E-state index contributed by atoms with van der Waals surface area (Å²) in [5.74, 6) is 1.73. The van der Waals surface area contributed by atoms with Crippen LogP contribution in [-0.4, -0.2) is 34.3 Å². The normalized spacial score (nSPS) is 10.9. The molecule has 0 bridgehead atoms. The number of H-pyrrole nitrogens is 1. The van der Waals surface area contributed by atoms with Gasteiger partial charge in [-0.05, 0) is 36.2 Å². The van der Waals surface area contributed by atoms with Crippen LogP contribution in [0.25, 0.3) is 22.2 Å². The van der Waals surface area contributed by atoms with Crippen molar-refractivity contribution in [2.24, 2.45) is 0 Å². The molecule has 0 saturated heterocycles. The minimum absolute atomic E-state index is 0.225. The first-order chi connectivity index (χ1) is 14.5. The van der Waals surface area contributed by atoms with E-state index in [9.17, 15) is 9.90 Å². The zero-order valence-corrected chi connectivity index (χ0v) is 16.9. The van der Waals surface area contributed by atoms with Crippen molar-refractivity contribution in [2.75, 3.05) is 14.2 Å². The summed E-state index contributed by atoms with van der Waals surface area (Å²) < 4.78 is 10.6. The van der Waals surface area contributed by atoms with Gasteiger partial charge in [-0.1, -0.05) is 18.2 Å². The minimum atomic E-state index is -0.245. The zero-order valence-electron chi connectivity index (χ0n) is 16.9. The van der Waals surface area contributed by atoms with E-state index in [-0.39, 0.29) is 11.3 Å². The van der Waals surface area contributed by atoms with Gasteiger partial charge in [0.05, 0.1) is 30.8 Å². The molecule has 0 amide bonds. The number of aryl methyl sites for hydroxylation is 1. The van der Waals surface area contributed by atoms with Crippen molar-refractivity contribution >= 4 is 10.9 Å². The van der Waals surface area contributed by atoms with E-state index < -0.39 is 0 Å². The molecule has 7 nitrogen and oxygen atoms in total. The van der Waals surface area contributed by atoms with Crippen LogP contribution in [0.2, 0.25) is 0 Å². The number of fused-ring (bicyclic) bond motifs is 1. The second-order valence-electron chi connectivity index (χ2n) is 6.94. The van der Waals surface area contributed by atoms with E-state index in [0.29, 0.717) is 45.9 Å². The van der Waals surface area contributed by atoms with Crippen molar-refractivity contribution in [1.82, 2.24) is 15.0 Å². The lowest BCUT2D eigenvalue weighted by atomic mass is 10.1. The van der Waals surface area contributed by atoms with Gasteiger partial charge in [0.15, 0.2) is 11.5 Å². The van der Waals surface area contributed by atoms with Crippen molar-refractivity contribution in [1.29, 1.82) is 0 Å². The first-order valence-corrected chi connectivity index (χ1v) is 9.39. The summed E-state index contributed by atoms with van der Waals surface area (Å²) in [4.78, 5) is 24.4. The largest absolute Gasteiger partial charge is 0.507 e. The molecule has 0 radical (unpaired) electrons. The number of hydrogen-bond acceptors (Lipinski definition) is 6. The fraction of sp³-hybridized carbons (Fsp3) is 0.174. The van der Waals surface area contributed by atoms with Crippen LogP contribution in [0.3, 0.4) is 0 Å². The van der Waals surface area contributed by atoms with Gasteiger partial charge in [-0.25, -0.2) is 4.98 Å². The number of nitrogens with one attached hydrogen (secondary N) is 1. The van der Waals surface area contributed by atoms with Gasteiger partial charge in [-0.15, -0.1) is 0 Å². The molecule has 152 valence electrons. The number of phenolic OH excluding ortho intramolecular Hbond substituents is 1. The number of phenols is 1. The highest BCUT2D eigenvalue weighted by Gasteiger charge is 2.12. The van der Waals surface area contributed by atoms with Crippen LogP contribution in [0.15, 0.2) is 53.5 Å². The number of ether oxygens (including phenoxy) is 2. The highest BCUT2D eigenvalue weighted by molar-refractivity contribution is 5.81. The van der Waals surface area contributed by atoms with Crippen molar-refractivity contribution in [3.05, 3.63) is 76.0 Å². The Balaban J connectivity index is 1.65. The molecule has 30 heavy (non-hydrogen) atoms. The van der Waals surface area contributed by atoms with Crippen molar-refractivity contribution in [3.8, 4) is 28.5 Å². The molecular formula is C23H21N3O4. The van der Waals surface area contributed by atoms with Crippen LogP contribution in [0, 0.1) is 6.92 Å². The van der Waals surface area contributed by atoms with E-state index in [1.165, 1.54) is 14.2 Å². The molecule has 0 spiro atoms. The summed E-state index contributed by atoms with van der Waals surface area (Å²) in [5, 5.41) is 10.7. The van der Waals surface area contributed by atoms with Crippen LogP contribution in [0.5, 0.6) is 17.2 Å². The molecule has 4 rings (SSSR count). The SMILES string of the molecule is COc1cc2nc(Cc3ccc(-c4cccc(C)c4O)nc3)[nH]c(=O)c2cc1OC. The number of hydrogen-bond donors (Lipinski definition) is 2. The number of aromatic amines is 1. The molecule has 2 aromatic carbocycles. The van der Waals surface area contributed by atoms with Crippen LogP contribution in [0.4, 0.5) is 0 Å². The van der Waals surface area contributed by atoms with Gasteiger partial charge in [0.1, 0.15) is 11.6 Å². The Morgan fingerprint density at radius 3 is 2.53 bits per heavy atom. The molecule has 7 heteroatoms. The number of methoxy groups -OCH3 is 2. The number of nitrogens with zero attached hydrogens (tertiary/aromatic N) is 2. The predicted molar refractivity (Wildman–Crippen MR) is 114 cm³/mol. The smallest absolute Gasteiger partial charge is 0.258 e. The number of para-hydroxylation sites is 1. The molecule has 2 N–H and O–H groups in total. The number of aromatic nitrogens is 3. The molecule has 0 fully saturated rings. The highest BCUT2D eigenvalue weighted by Crippen LogP contribution is 2.31. The average Bonchev–Trinajstić information content (AvgIpc) is 2.75. The van der Waals surface area contributed by atoms with Gasteiger partial charge >= 0.3 is 0 Å². The van der Waals surface area contributed by atoms with E-state index in [4.69, 9.17) is 9.47 Å². The summed E-state index contributed by atoms with van der Waals surface area (Å²) in [6, 6.07) is 12.6. The lowest BCUT2D eigenvalue weighted by Crippen LogP contribution is -2.12. The molecule has 0 aliphatic heterocycles. The number of pyridine rings is 1. The zero-order chi connectivity index (χ0) is 21.3. The van der Waals surface area contributed by atoms with Gasteiger partial charge in [0.25, 0.3) is 5.56 Å². The van der Waals surface area contributed by atoms with Crippen molar-refractivity contribution in [3.63, 3.8) is 0 Å². The summed E-state index contributed by atoms with van der Waals surface area (Å²) in [6.45, 7) is 1.85. The van der Waals surface area contributed by atoms with E-state index in [1.807, 2.05) is 37.3 Å². The molecule has 0 aliphatic rings. The minimum Gasteiger partial charge on any atom is -0.507 e. The Labute approximate surface area is 173 Å². The van der Waals surface area contributed by atoms with Crippen LogP contribution in [0.1, 0.15) is 17.0 Å². The second-order valence-corrected chi connectivity index (χ2v) is 6.94. The second kappa shape index (κ2) is 7.87. The van der Waals surface area contributed by atoms with Gasteiger partial charge in [-0.2, -0.15) is 0 Å². The Hall–Kier alpha value is -3.87. The lowest BCUT2D eigenvalue weighted by molar-refractivity contribution is 0.355. The fourth-order valence-electron chi connectivity index (χ4n) is 3.35. The quantitative estimate of drug-likeness (QED) is 0.528. The Morgan fingerprint density at radius 2 is 1.83 bits per heavy atom. The molecule has 0 unspecified atom stereocenters. The third-order valence-corrected chi connectivity index (χ3v) is 4.97. The molecule has 0 atom stereocenters. The van der Waals surface area contributed by atoms with Gasteiger partial charge in [0.2, 0.25) is 0 Å². The fourth-order valence-corrected chi connectivity index (χ4v) is 3.35. The summed E-state index contributed by atoms with van der Waals surface area (Å²) in [7, 11) is 3.06. The lowest BCUT2D eigenvalue weighted by Gasteiger charge is -2.10. The van der Waals surface area contributed by atoms with E-state index >= 15 is 0 Å². The topological polar surface area (TPSA) is 97.3 Å². The van der Waals surface area contributed by atoms with Gasteiger partial charge in [-0.3, -0.25) is 9.78 Å². The number of benzene rings is 2. The van der Waals surface area contributed by atoms with Crippen molar-refractivity contribution in [2.45, 2.75) is 13.3 Å². The molecule has 2 aromatic heterocycles. The van der Waals surface area contributed by atoms with E-state index in [1.54, 1.807) is 18.3 Å². The summed E-state index contributed by atoms with van der Waals surface area (Å²) >= 11 is 0. The molecule has 0 saturated carbocycles. The maximum Gasteiger partial charge on any atom is 0.258 e. The standard InChI is InChI=1S/C23H21N3O4/c1-13-5-4-6-15(22(13)27)17-8-7-14(12-24-17)9-21-25-18-11-20(30-3)19(29-2)10-16(18)23(28)26-21/h4-8,10-12,27H,9H2,1-3H3,(H,25,26,28). The summed E-state index contributed by atoms with van der Waals surface area (Å²) in [5.41, 5.74) is 3.32. The average molecular weight is 403 g/mol. The first-order valence-electron chi connectivity index (χ1n) is 9.39.